The van der Waals surface area contributed by atoms with Gasteiger partial charge in [0.05, 0.1) is 12.2 Å². The normalized spacial score (nSPS) is 16.6. The predicted octanol–water partition coefficient (Wildman–Crippen LogP) is 1.04. The number of nitrogens with zero attached hydrogens (tertiary/aromatic N) is 4. The van der Waals surface area contributed by atoms with E-state index in [9.17, 15) is 0 Å². The summed E-state index contributed by atoms with van der Waals surface area (Å²) in [5, 5.41) is 11.7. The summed E-state index contributed by atoms with van der Waals surface area (Å²) in [4.78, 5) is 2.44. The molecule has 2 rings (SSSR count). The Bertz CT molecular complexity index is 382. The summed E-state index contributed by atoms with van der Waals surface area (Å²) in [5.41, 5.74) is 1.02. The molecular formula is C13H23N5. The Kier molecular flexibility index (Phi) is 4.90. The molecule has 1 aliphatic heterocycles. The van der Waals surface area contributed by atoms with E-state index in [0.29, 0.717) is 6.04 Å². The highest BCUT2D eigenvalue weighted by molar-refractivity contribution is 4.93. The van der Waals surface area contributed by atoms with Crippen molar-refractivity contribution in [2.75, 3.05) is 19.6 Å². The highest BCUT2D eigenvalue weighted by Crippen LogP contribution is 2.01. The Morgan fingerprint density at radius 1 is 1.33 bits per heavy atom. The molecule has 5 heteroatoms. The standard InChI is InChI=1S/C13H23N5/c1-12(2)14-10-13-11-18(16-15-13)9-8-17-6-4-3-5-7-17/h3-4,11-12,14H,5-10H2,1-2H3. The zero-order valence-corrected chi connectivity index (χ0v) is 11.3. The molecule has 0 radical (unpaired) electrons. The van der Waals surface area contributed by atoms with E-state index in [4.69, 9.17) is 0 Å². The Hall–Kier alpha value is -1.20. The van der Waals surface area contributed by atoms with Crippen LogP contribution in [-0.2, 0) is 13.1 Å². The maximum absolute atomic E-state index is 4.17. The number of hydrogen-bond donors (Lipinski definition) is 1. The summed E-state index contributed by atoms with van der Waals surface area (Å²) < 4.78 is 1.94. The Morgan fingerprint density at radius 2 is 2.22 bits per heavy atom. The van der Waals surface area contributed by atoms with Gasteiger partial charge in [-0.1, -0.05) is 31.2 Å². The zero-order chi connectivity index (χ0) is 12.8. The minimum Gasteiger partial charge on any atom is -0.309 e. The second kappa shape index (κ2) is 6.66. The van der Waals surface area contributed by atoms with Crippen LogP contribution in [0.25, 0.3) is 0 Å². The van der Waals surface area contributed by atoms with Crippen molar-refractivity contribution >= 4 is 0 Å². The molecular weight excluding hydrogens is 226 g/mol. The topological polar surface area (TPSA) is 46.0 Å². The van der Waals surface area contributed by atoms with Crippen LogP contribution in [0.2, 0.25) is 0 Å². The van der Waals surface area contributed by atoms with Crippen LogP contribution in [0.1, 0.15) is 26.0 Å². The molecule has 0 bridgehead atoms. The molecule has 0 atom stereocenters. The van der Waals surface area contributed by atoms with Crippen molar-refractivity contribution < 1.29 is 0 Å². The Labute approximate surface area is 109 Å². The molecule has 0 saturated carbocycles. The van der Waals surface area contributed by atoms with Gasteiger partial charge in [0, 0.05) is 38.4 Å². The second-order valence-corrected chi connectivity index (χ2v) is 5.07. The minimum absolute atomic E-state index is 0.482. The van der Waals surface area contributed by atoms with Crippen LogP contribution in [0.15, 0.2) is 18.3 Å². The molecule has 0 unspecified atom stereocenters. The molecule has 0 amide bonds. The van der Waals surface area contributed by atoms with Gasteiger partial charge in [-0.15, -0.1) is 5.10 Å². The SMILES string of the molecule is CC(C)NCc1cn(CCN2CC=CCC2)nn1. The fraction of sp³-hybridized carbons (Fsp3) is 0.692. The first-order chi connectivity index (χ1) is 8.74. The van der Waals surface area contributed by atoms with E-state index in [-0.39, 0.29) is 0 Å². The molecule has 0 saturated heterocycles. The summed E-state index contributed by atoms with van der Waals surface area (Å²) in [6, 6.07) is 0.482. The first-order valence-corrected chi connectivity index (χ1v) is 6.74. The Morgan fingerprint density at radius 3 is 2.94 bits per heavy atom. The van der Waals surface area contributed by atoms with E-state index in [0.717, 1.165) is 38.4 Å². The van der Waals surface area contributed by atoms with Crippen molar-refractivity contribution in [3.8, 4) is 0 Å². The number of aromatic nitrogens is 3. The number of hydrogen-bond acceptors (Lipinski definition) is 4. The van der Waals surface area contributed by atoms with E-state index in [1.165, 1.54) is 6.42 Å². The first-order valence-electron chi connectivity index (χ1n) is 6.74. The van der Waals surface area contributed by atoms with Crippen molar-refractivity contribution in [1.82, 2.24) is 25.2 Å². The Balaban J connectivity index is 1.74. The number of rotatable bonds is 6. The van der Waals surface area contributed by atoms with Crippen LogP contribution < -0.4 is 5.32 Å². The van der Waals surface area contributed by atoms with Crippen molar-refractivity contribution in [1.29, 1.82) is 0 Å². The van der Waals surface area contributed by atoms with Gasteiger partial charge in [-0.25, -0.2) is 0 Å². The molecule has 0 fully saturated rings. The van der Waals surface area contributed by atoms with E-state index in [1.54, 1.807) is 0 Å². The van der Waals surface area contributed by atoms with E-state index in [2.05, 4.69) is 46.5 Å². The van der Waals surface area contributed by atoms with Gasteiger partial charge in [-0.05, 0) is 6.42 Å². The van der Waals surface area contributed by atoms with Crippen LogP contribution >= 0.6 is 0 Å². The first kappa shape index (κ1) is 13.2. The lowest BCUT2D eigenvalue weighted by atomic mass is 10.2. The zero-order valence-electron chi connectivity index (χ0n) is 11.3. The minimum atomic E-state index is 0.482. The smallest absolute Gasteiger partial charge is 0.0964 e. The van der Waals surface area contributed by atoms with Gasteiger partial charge in [0.2, 0.25) is 0 Å². The lowest BCUT2D eigenvalue weighted by molar-refractivity contribution is 0.280. The van der Waals surface area contributed by atoms with Gasteiger partial charge in [-0.2, -0.15) is 0 Å². The van der Waals surface area contributed by atoms with E-state index < -0.39 is 0 Å². The van der Waals surface area contributed by atoms with Crippen molar-refractivity contribution in [2.45, 2.75) is 39.4 Å². The van der Waals surface area contributed by atoms with E-state index in [1.807, 2.05) is 10.9 Å². The lowest BCUT2D eigenvalue weighted by Crippen LogP contribution is -2.30. The van der Waals surface area contributed by atoms with Crippen LogP contribution in [-0.4, -0.2) is 45.6 Å². The monoisotopic (exact) mass is 249 g/mol. The van der Waals surface area contributed by atoms with Crippen LogP contribution in [0.4, 0.5) is 0 Å². The van der Waals surface area contributed by atoms with Gasteiger partial charge in [0.25, 0.3) is 0 Å². The summed E-state index contributed by atoms with van der Waals surface area (Å²) in [7, 11) is 0. The summed E-state index contributed by atoms with van der Waals surface area (Å²) in [6.07, 6.45) is 7.70. The van der Waals surface area contributed by atoms with Crippen molar-refractivity contribution in [3.63, 3.8) is 0 Å². The molecule has 18 heavy (non-hydrogen) atoms. The fourth-order valence-electron chi connectivity index (χ4n) is 1.97. The third-order valence-corrected chi connectivity index (χ3v) is 3.07. The maximum atomic E-state index is 4.17. The highest BCUT2D eigenvalue weighted by Gasteiger charge is 2.07. The molecule has 1 aliphatic rings. The predicted molar refractivity (Wildman–Crippen MR) is 72.2 cm³/mol. The molecule has 1 aromatic rings. The van der Waals surface area contributed by atoms with Gasteiger partial charge >= 0.3 is 0 Å². The van der Waals surface area contributed by atoms with Crippen LogP contribution in [0.5, 0.6) is 0 Å². The fourth-order valence-corrected chi connectivity index (χ4v) is 1.97. The largest absolute Gasteiger partial charge is 0.309 e. The molecule has 2 heterocycles. The van der Waals surface area contributed by atoms with Crippen LogP contribution in [0.3, 0.4) is 0 Å². The third-order valence-electron chi connectivity index (χ3n) is 3.07. The number of nitrogens with one attached hydrogen (secondary N) is 1. The lowest BCUT2D eigenvalue weighted by Gasteiger charge is -2.22. The maximum Gasteiger partial charge on any atom is 0.0964 e. The quantitative estimate of drug-likeness (QED) is 0.765. The molecule has 1 aromatic heterocycles. The molecule has 0 spiro atoms. The molecule has 1 N–H and O–H groups in total. The summed E-state index contributed by atoms with van der Waals surface area (Å²) >= 11 is 0. The van der Waals surface area contributed by atoms with Gasteiger partial charge < -0.3 is 5.32 Å². The third kappa shape index (κ3) is 4.23. The van der Waals surface area contributed by atoms with E-state index >= 15 is 0 Å². The van der Waals surface area contributed by atoms with Crippen LogP contribution in [0, 0.1) is 0 Å². The summed E-state index contributed by atoms with van der Waals surface area (Å²) in [6.45, 7) is 9.25. The summed E-state index contributed by atoms with van der Waals surface area (Å²) in [5.74, 6) is 0. The molecule has 5 nitrogen and oxygen atoms in total. The average Bonchev–Trinajstić information content (AvgIpc) is 2.83. The highest BCUT2D eigenvalue weighted by atomic mass is 15.4. The van der Waals surface area contributed by atoms with Gasteiger partial charge in [0.15, 0.2) is 0 Å². The van der Waals surface area contributed by atoms with Crippen molar-refractivity contribution in [2.24, 2.45) is 0 Å². The van der Waals surface area contributed by atoms with Gasteiger partial charge in [0.1, 0.15) is 0 Å². The molecule has 100 valence electrons. The molecule has 0 aromatic carbocycles. The molecule has 0 aliphatic carbocycles. The average molecular weight is 249 g/mol. The second-order valence-electron chi connectivity index (χ2n) is 5.07. The van der Waals surface area contributed by atoms with Crippen molar-refractivity contribution in [3.05, 3.63) is 24.0 Å². The van der Waals surface area contributed by atoms with Gasteiger partial charge in [-0.3, -0.25) is 9.58 Å².